The Morgan fingerprint density at radius 2 is 2.15 bits per heavy atom. The Morgan fingerprint density at radius 1 is 1.31 bits per heavy atom. The third-order valence-electron chi connectivity index (χ3n) is 4.39. The normalized spacial score (nSPS) is 15.0. The van der Waals surface area contributed by atoms with Crippen LogP contribution in [0.2, 0.25) is 0 Å². The van der Waals surface area contributed by atoms with Crippen LogP contribution in [0, 0.1) is 0 Å². The second kappa shape index (κ2) is 7.61. The van der Waals surface area contributed by atoms with E-state index >= 15 is 0 Å². The highest BCUT2D eigenvalue weighted by molar-refractivity contribution is 7.07. The van der Waals surface area contributed by atoms with Crippen LogP contribution in [0.1, 0.15) is 30.8 Å². The van der Waals surface area contributed by atoms with Gasteiger partial charge in [-0.1, -0.05) is 5.16 Å². The number of rotatable bonds is 6. The van der Waals surface area contributed by atoms with Crippen LogP contribution in [0.15, 0.2) is 33.6 Å². The Morgan fingerprint density at radius 3 is 2.81 bits per heavy atom. The van der Waals surface area contributed by atoms with Crippen LogP contribution in [0.4, 0.5) is 0 Å². The number of nitrogens with two attached hydrogens (primary N) is 1. The van der Waals surface area contributed by atoms with Gasteiger partial charge in [-0.25, -0.2) is 4.98 Å². The zero-order valence-electron chi connectivity index (χ0n) is 14.2. The van der Waals surface area contributed by atoms with E-state index in [1.165, 1.54) is 11.3 Å². The number of nitrogens with zero attached hydrogens (tertiary/aromatic N) is 3. The van der Waals surface area contributed by atoms with Gasteiger partial charge in [0.2, 0.25) is 0 Å². The highest BCUT2D eigenvalue weighted by Gasteiger charge is 2.39. The number of hydrogen-bond donors (Lipinski definition) is 1. The predicted octanol–water partition coefficient (Wildman–Crippen LogP) is 3.54. The summed E-state index contributed by atoms with van der Waals surface area (Å²) in [6.45, 7) is 0.388. The SMILES string of the molecule is COc1cc(-c2nc(C3(N)CCC3)no2)ccc1OCc1cscn1.Cl. The van der Waals surface area contributed by atoms with Crippen LogP contribution < -0.4 is 15.2 Å². The third-order valence-corrected chi connectivity index (χ3v) is 5.02. The maximum Gasteiger partial charge on any atom is 0.258 e. The van der Waals surface area contributed by atoms with Gasteiger partial charge < -0.3 is 19.7 Å². The Balaban J connectivity index is 0.00000196. The topological polar surface area (TPSA) is 96.3 Å². The molecule has 138 valence electrons. The van der Waals surface area contributed by atoms with Crippen molar-refractivity contribution >= 4 is 23.7 Å². The first-order valence-corrected chi connectivity index (χ1v) is 8.93. The van der Waals surface area contributed by atoms with Crippen LogP contribution in [-0.4, -0.2) is 22.2 Å². The lowest BCUT2D eigenvalue weighted by Crippen LogP contribution is -2.44. The molecule has 9 heteroatoms. The van der Waals surface area contributed by atoms with Gasteiger partial charge in [0.1, 0.15) is 6.61 Å². The first-order chi connectivity index (χ1) is 12.2. The Labute approximate surface area is 160 Å². The smallest absolute Gasteiger partial charge is 0.258 e. The van der Waals surface area contributed by atoms with Crippen molar-refractivity contribution < 1.29 is 14.0 Å². The highest BCUT2D eigenvalue weighted by atomic mass is 35.5. The summed E-state index contributed by atoms with van der Waals surface area (Å²) in [6.07, 6.45) is 2.87. The summed E-state index contributed by atoms with van der Waals surface area (Å²) in [5.74, 6) is 2.22. The molecule has 0 spiro atoms. The molecule has 0 unspecified atom stereocenters. The van der Waals surface area contributed by atoms with Gasteiger partial charge in [0.05, 0.1) is 23.9 Å². The number of ether oxygens (including phenoxy) is 2. The van der Waals surface area contributed by atoms with Crippen molar-refractivity contribution in [2.45, 2.75) is 31.4 Å². The van der Waals surface area contributed by atoms with Crippen LogP contribution in [-0.2, 0) is 12.1 Å². The molecule has 0 atom stereocenters. The van der Waals surface area contributed by atoms with Crippen LogP contribution in [0.3, 0.4) is 0 Å². The fraction of sp³-hybridized carbons (Fsp3) is 0.353. The van der Waals surface area contributed by atoms with E-state index in [9.17, 15) is 0 Å². The van der Waals surface area contributed by atoms with E-state index < -0.39 is 5.54 Å². The minimum absolute atomic E-state index is 0. The molecule has 1 fully saturated rings. The standard InChI is InChI=1S/C17H18N4O3S.ClH/c1-22-14-7-11(3-4-13(14)23-8-12-9-25-10-19-12)15-20-16(21-24-15)17(18)5-2-6-17;/h3-4,7,9-10H,2,5-6,8,18H2,1H3;1H. The lowest BCUT2D eigenvalue weighted by molar-refractivity contribution is 0.229. The zero-order chi connectivity index (χ0) is 17.3. The summed E-state index contributed by atoms with van der Waals surface area (Å²) in [6, 6.07) is 5.50. The lowest BCUT2D eigenvalue weighted by Gasteiger charge is -2.34. The number of aromatic nitrogens is 3. The van der Waals surface area contributed by atoms with Gasteiger partial charge in [-0.15, -0.1) is 23.7 Å². The summed E-state index contributed by atoms with van der Waals surface area (Å²) in [5, 5.41) is 5.99. The molecule has 0 saturated heterocycles. The molecule has 0 bridgehead atoms. The molecule has 0 aliphatic heterocycles. The van der Waals surface area contributed by atoms with Crippen molar-refractivity contribution in [1.29, 1.82) is 0 Å². The van der Waals surface area contributed by atoms with Crippen molar-refractivity contribution in [1.82, 2.24) is 15.1 Å². The molecule has 2 heterocycles. The Bertz CT molecular complexity index is 865. The van der Waals surface area contributed by atoms with E-state index in [1.807, 2.05) is 23.6 Å². The first kappa shape index (κ1) is 18.6. The maximum atomic E-state index is 6.25. The molecule has 2 aromatic heterocycles. The quantitative estimate of drug-likeness (QED) is 0.682. The van der Waals surface area contributed by atoms with E-state index in [1.54, 1.807) is 12.6 Å². The second-order valence-electron chi connectivity index (χ2n) is 6.07. The molecule has 1 aromatic carbocycles. The molecule has 3 aromatic rings. The predicted molar refractivity (Wildman–Crippen MR) is 99.7 cm³/mol. The molecule has 26 heavy (non-hydrogen) atoms. The van der Waals surface area contributed by atoms with E-state index in [-0.39, 0.29) is 12.4 Å². The minimum atomic E-state index is -0.442. The van der Waals surface area contributed by atoms with Gasteiger partial charge in [-0.05, 0) is 37.5 Å². The number of benzene rings is 1. The van der Waals surface area contributed by atoms with Crippen LogP contribution in [0.5, 0.6) is 11.5 Å². The molecule has 7 nitrogen and oxygen atoms in total. The zero-order valence-corrected chi connectivity index (χ0v) is 15.8. The van der Waals surface area contributed by atoms with Crippen LogP contribution in [0.25, 0.3) is 11.5 Å². The van der Waals surface area contributed by atoms with Crippen molar-refractivity contribution in [2.24, 2.45) is 5.73 Å². The molecule has 4 rings (SSSR count). The molecule has 0 radical (unpaired) electrons. The lowest BCUT2D eigenvalue weighted by atomic mass is 9.77. The van der Waals surface area contributed by atoms with E-state index in [4.69, 9.17) is 19.7 Å². The van der Waals surface area contributed by atoms with Crippen molar-refractivity contribution in [2.75, 3.05) is 7.11 Å². The molecule has 2 N–H and O–H groups in total. The number of thiazole rings is 1. The first-order valence-electron chi connectivity index (χ1n) is 7.99. The van der Waals surface area contributed by atoms with Crippen LogP contribution >= 0.6 is 23.7 Å². The molecule has 1 aliphatic carbocycles. The largest absolute Gasteiger partial charge is 0.493 e. The summed E-state index contributed by atoms with van der Waals surface area (Å²) >= 11 is 1.54. The van der Waals surface area contributed by atoms with Crippen molar-refractivity contribution in [3.05, 3.63) is 40.6 Å². The number of halogens is 1. The van der Waals surface area contributed by atoms with E-state index in [2.05, 4.69) is 15.1 Å². The van der Waals surface area contributed by atoms with Gasteiger partial charge in [0.25, 0.3) is 5.89 Å². The van der Waals surface area contributed by atoms with Crippen molar-refractivity contribution in [3.63, 3.8) is 0 Å². The van der Waals surface area contributed by atoms with Gasteiger partial charge >= 0.3 is 0 Å². The maximum absolute atomic E-state index is 6.25. The average Bonchev–Trinajstić information content (AvgIpc) is 3.29. The summed E-state index contributed by atoms with van der Waals surface area (Å²) in [7, 11) is 1.59. The summed E-state index contributed by atoms with van der Waals surface area (Å²) in [4.78, 5) is 8.66. The van der Waals surface area contributed by atoms with Gasteiger partial charge in [0, 0.05) is 10.9 Å². The van der Waals surface area contributed by atoms with E-state index in [0.29, 0.717) is 29.8 Å². The summed E-state index contributed by atoms with van der Waals surface area (Å²) in [5.41, 5.74) is 9.23. The highest BCUT2D eigenvalue weighted by Crippen LogP contribution is 2.38. The van der Waals surface area contributed by atoms with Gasteiger partial charge in [-0.3, -0.25) is 0 Å². The monoisotopic (exact) mass is 394 g/mol. The minimum Gasteiger partial charge on any atom is -0.493 e. The number of methoxy groups -OCH3 is 1. The molecule has 0 amide bonds. The number of hydrogen-bond acceptors (Lipinski definition) is 8. The molecular formula is C17H19ClN4O3S. The van der Waals surface area contributed by atoms with Crippen molar-refractivity contribution in [3.8, 4) is 23.0 Å². The average molecular weight is 395 g/mol. The molecular weight excluding hydrogens is 376 g/mol. The fourth-order valence-corrected chi connectivity index (χ4v) is 3.25. The molecule has 1 saturated carbocycles. The van der Waals surface area contributed by atoms with Gasteiger partial charge in [0.15, 0.2) is 17.3 Å². The van der Waals surface area contributed by atoms with Gasteiger partial charge in [-0.2, -0.15) is 4.98 Å². The summed E-state index contributed by atoms with van der Waals surface area (Å²) < 4.78 is 16.6. The van der Waals surface area contributed by atoms with E-state index in [0.717, 1.165) is 30.5 Å². The second-order valence-corrected chi connectivity index (χ2v) is 6.79. The fourth-order valence-electron chi connectivity index (χ4n) is 2.70. The Kier molecular flexibility index (Phi) is 5.45. The Hall–Kier alpha value is -2.16. The third kappa shape index (κ3) is 3.53. The molecule has 1 aliphatic rings.